The SMILES string of the molecule is Cn1c(C(=O)N2CCN(C(=O)OC(C)(C)C)CC2)cc2ccc(Oc3ccc(NC(=O)c4ccc(F)cc4Cl)cn3)cc21. The summed E-state index contributed by atoms with van der Waals surface area (Å²) in [5.74, 6) is -0.334. The molecule has 1 aliphatic rings. The molecule has 10 nitrogen and oxygen atoms in total. The van der Waals surface area contributed by atoms with E-state index in [0.717, 1.165) is 23.0 Å². The summed E-state index contributed by atoms with van der Waals surface area (Å²) < 4.78 is 26.5. The number of pyridine rings is 1. The zero-order chi connectivity index (χ0) is 30.9. The minimum atomic E-state index is -0.575. The van der Waals surface area contributed by atoms with Crippen LogP contribution in [0.1, 0.15) is 41.6 Å². The Labute approximate surface area is 252 Å². The van der Waals surface area contributed by atoms with E-state index < -0.39 is 17.3 Å². The maximum Gasteiger partial charge on any atom is 0.410 e. The molecule has 43 heavy (non-hydrogen) atoms. The van der Waals surface area contributed by atoms with E-state index in [-0.39, 0.29) is 22.6 Å². The molecule has 3 heterocycles. The smallest absolute Gasteiger partial charge is 0.410 e. The molecule has 1 N–H and O–H groups in total. The predicted octanol–water partition coefficient (Wildman–Crippen LogP) is 6.10. The molecule has 0 radical (unpaired) electrons. The summed E-state index contributed by atoms with van der Waals surface area (Å²) in [6.45, 7) is 7.09. The highest BCUT2D eigenvalue weighted by atomic mass is 35.5. The Bertz CT molecular complexity index is 1690. The molecule has 1 aliphatic heterocycles. The molecule has 0 saturated carbocycles. The summed E-state index contributed by atoms with van der Waals surface area (Å²) >= 11 is 5.97. The number of carbonyl (C=O) groups is 3. The molecule has 2 aromatic carbocycles. The molecule has 2 aromatic heterocycles. The molecule has 1 saturated heterocycles. The van der Waals surface area contributed by atoms with Crippen molar-refractivity contribution in [1.29, 1.82) is 0 Å². The Morgan fingerprint density at radius 1 is 0.953 bits per heavy atom. The van der Waals surface area contributed by atoms with Gasteiger partial charge in [-0.2, -0.15) is 0 Å². The van der Waals surface area contributed by atoms with Crippen LogP contribution < -0.4 is 10.1 Å². The number of carbonyl (C=O) groups excluding carboxylic acids is 3. The number of aromatic nitrogens is 2. The first-order valence-corrected chi connectivity index (χ1v) is 14.0. The number of nitrogens with zero attached hydrogens (tertiary/aromatic N) is 4. The number of nitrogens with one attached hydrogen (secondary N) is 1. The van der Waals surface area contributed by atoms with E-state index in [0.29, 0.717) is 49.2 Å². The van der Waals surface area contributed by atoms with E-state index in [4.69, 9.17) is 21.1 Å². The van der Waals surface area contributed by atoms with Gasteiger partial charge in [0.2, 0.25) is 5.88 Å². The average Bonchev–Trinajstić information content (AvgIpc) is 3.28. The minimum Gasteiger partial charge on any atom is -0.444 e. The van der Waals surface area contributed by atoms with E-state index >= 15 is 0 Å². The van der Waals surface area contributed by atoms with Crippen LogP contribution in [0.4, 0.5) is 14.9 Å². The largest absolute Gasteiger partial charge is 0.444 e. The lowest BCUT2D eigenvalue weighted by molar-refractivity contribution is 0.0139. The van der Waals surface area contributed by atoms with Crippen molar-refractivity contribution >= 4 is 46.1 Å². The van der Waals surface area contributed by atoms with Crippen molar-refractivity contribution in [3.63, 3.8) is 0 Å². The van der Waals surface area contributed by atoms with Crippen LogP contribution in [-0.2, 0) is 11.8 Å². The van der Waals surface area contributed by atoms with Crippen LogP contribution in [0.5, 0.6) is 11.6 Å². The summed E-state index contributed by atoms with van der Waals surface area (Å²) in [6.07, 6.45) is 1.06. The van der Waals surface area contributed by atoms with Gasteiger partial charge in [0.1, 0.15) is 22.9 Å². The number of hydrogen-bond acceptors (Lipinski definition) is 6. The van der Waals surface area contributed by atoms with Crippen molar-refractivity contribution in [2.75, 3.05) is 31.5 Å². The molecule has 224 valence electrons. The number of rotatable bonds is 5. The molecular formula is C31H31ClFN5O5. The van der Waals surface area contributed by atoms with E-state index in [1.54, 1.807) is 28.0 Å². The third-order valence-electron chi connectivity index (χ3n) is 6.85. The lowest BCUT2D eigenvalue weighted by atomic mass is 10.2. The summed E-state index contributed by atoms with van der Waals surface area (Å²) in [4.78, 5) is 45.9. The molecule has 3 amide bonds. The van der Waals surface area contributed by atoms with Crippen LogP contribution in [0.25, 0.3) is 10.9 Å². The maximum absolute atomic E-state index is 13.4. The molecule has 0 unspecified atom stereocenters. The van der Waals surface area contributed by atoms with E-state index in [2.05, 4.69) is 10.3 Å². The lowest BCUT2D eigenvalue weighted by Gasteiger charge is -2.35. The Hall–Kier alpha value is -4.64. The van der Waals surface area contributed by atoms with Gasteiger partial charge >= 0.3 is 6.09 Å². The van der Waals surface area contributed by atoms with Gasteiger partial charge in [0, 0.05) is 50.7 Å². The minimum absolute atomic E-state index is 0.00658. The second-order valence-electron chi connectivity index (χ2n) is 11.1. The Kier molecular flexibility index (Phi) is 8.27. The van der Waals surface area contributed by atoms with Gasteiger partial charge in [-0.3, -0.25) is 9.59 Å². The van der Waals surface area contributed by atoms with E-state index in [1.165, 1.54) is 12.3 Å². The molecule has 0 atom stereocenters. The first-order valence-electron chi connectivity index (χ1n) is 13.6. The second kappa shape index (κ2) is 11.9. The van der Waals surface area contributed by atoms with Gasteiger partial charge in [-0.25, -0.2) is 14.2 Å². The lowest BCUT2D eigenvalue weighted by Crippen LogP contribution is -2.51. The van der Waals surface area contributed by atoms with Crippen LogP contribution in [-0.4, -0.2) is 69.0 Å². The van der Waals surface area contributed by atoms with Gasteiger partial charge in [0.25, 0.3) is 11.8 Å². The van der Waals surface area contributed by atoms with Gasteiger partial charge in [-0.1, -0.05) is 11.6 Å². The monoisotopic (exact) mass is 607 g/mol. The van der Waals surface area contributed by atoms with Crippen LogP contribution in [0.3, 0.4) is 0 Å². The van der Waals surface area contributed by atoms with E-state index in [9.17, 15) is 18.8 Å². The Morgan fingerprint density at radius 2 is 1.67 bits per heavy atom. The van der Waals surface area contributed by atoms with E-state index in [1.807, 2.05) is 50.6 Å². The molecule has 5 rings (SSSR count). The number of ether oxygens (including phenoxy) is 2. The summed E-state index contributed by atoms with van der Waals surface area (Å²) in [5, 5.41) is 3.55. The molecule has 0 bridgehead atoms. The molecule has 12 heteroatoms. The van der Waals surface area contributed by atoms with Crippen molar-refractivity contribution in [1.82, 2.24) is 19.4 Å². The Balaban J connectivity index is 1.22. The second-order valence-corrected chi connectivity index (χ2v) is 11.5. The number of aryl methyl sites for hydroxylation is 1. The number of amides is 3. The normalized spacial score (nSPS) is 13.6. The number of anilines is 1. The van der Waals surface area contributed by atoms with Crippen LogP contribution >= 0.6 is 11.6 Å². The van der Waals surface area contributed by atoms with Crippen molar-refractivity contribution in [2.45, 2.75) is 26.4 Å². The number of hydrogen-bond donors (Lipinski definition) is 1. The van der Waals surface area contributed by atoms with Gasteiger partial charge < -0.3 is 29.2 Å². The van der Waals surface area contributed by atoms with Crippen molar-refractivity contribution in [3.8, 4) is 11.6 Å². The zero-order valence-corrected chi connectivity index (χ0v) is 24.9. The summed E-state index contributed by atoms with van der Waals surface area (Å²) in [7, 11) is 1.82. The van der Waals surface area contributed by atoms with Crippen LogP contribution in [0.15, 0.2) is 60.8 Å². The topological polar surface area (TPSA) is 106 Å². The summed E-state index contributed by atoms with van der Waals surface area (Å²) in [6, 6.07) is 14.1. The van der Waals surface area contributed by atoms with Gasteiger partial charge in [-0.05, 0) is 63.2 Å². The first kappa shape index (κ1) is 29.8. The third kappa shape index (κ3) is 6.89. The number of benzene rings is 2. The Morgan fingerprint density at radius 3 is 2.33 bits per heavy atom. The van der Waals surface area contributed by atoms with Crippen LogP contribution in [0, 0.1) is 5.82 Å². The molecular weight excluding hydrogens is 577 g/mol. The predicted molar refractivity (Wildman–Crippen MR) is 160 cm³/mol. The quantitative estimate of drug-likeness (QED) is 0.294. The van der Waals surface area contributed by atoms with Crippen molar-refractivity contribution in [2.24, 2.45) is 7.05 Å². The average molecular weight is 608 g/mol. The summed E-state index contributed by atoms with van der Waals surface area (Å²) in [5.41, 5.74) is 1.30. The molecule has 1 fully saturated rings. The fraction of sp³-hybridized carbons (Fsp3) is 0.290. The highest BCUT2D eigenvalue weighted by molar-refractivity contribution is 6.34. The fourth-order valence-electron chi connectivity index (χ4n) is 4.67. The number of fused-ring (bicyclic) bond motifs is 1. The van der Waals surface area contributed by atoms with Gasteiger partial charge in [0.05, 0.1) is 28.0 Å². The molecule has 0 aliphatic carbocycles. The fourth-order valence-corrected chi connectivity index (χ4v) is 4.92. The van der Waals surface area contributed by atoms with Crippen molar-refractivity contribution in [3.05, 3.63) is 82.9 Å². The third-order valence-corrected chi connectivity index (χ3v) is 7.16. The highest BCUT2D eigenvalue weighted by Crippen LogP contribution is 2.28. The number of piperazine rings is 1. The molecule has 0 spiro atoms. The number of halogens is 2. The highest BCUT2D eigenvalue weighted by Gasteiger charge is 2.29. The van der Waals surface area contributed by atoms with Crippen molar-refractivity contribution < 1.29 is 28.2 Å². The standard InChI is InChI=1S/C31H31ClFN5O5/c1-31(2,3)43-30(41)38-13-11-37(12-14-38)29(40)26-15-19-5-8-22(17-25(19)36(26)4)42-27-10-7-21(18-34-27)35-28(39)23-9-6-20(33)16-24(23)32/h5-10,15-18H,11-14H2,1-4H3,(H,35,39). The first-order chi connectivity index (χ1) is 20.4. The van der Waals surface area contributed by atoms with Gasteiger partial charge in [-0.15, -0.1) is 0 Å². The maximum atomic E-state index is 13.4. The van der Waals surface area contributed by atoms with Gasteiger partial charge in [0.15, 0.2) is 0 Å². The molecule has 4 aromatic rings. The zero-order valence-electron chi connectivity index (χ0n) is 24.2. The van der Waals surface area contributed by atoms with Crippen LogP contribution in [0.2, 0.25) is 5.02 Å².